The molecule has 4 aromatic heterocycles. The Morgan fingerprint density at radius 3 is 2.60 bits per heavy atom. The molecule has 5 aromatic rings. The second-order valence-corrected chi connectivity index (χ2v) is 8.57. The van der Waals surface area contributed by atoms with E-state index in [1.165, 1.54) is 0 Å². The molecule has 9 heteroatoms. The van der Waals surface area contributed by atoms with Crippen LogP contribution in [0, 0.1) is 6.92 Å². The summed E-state index contributed by atoms with van der Waals surface area (Å²) in [6.45, 7) is 7.84. The van der Waals surface area contributed by atoms with Gasteiger partial charge in [-0.1, -0.05) is 6.07 Å². The number of anilines is 1. The van der Waals surface area contributed by atoms with Gasteiger partial charge in [-0.2, -0.15) is 5.10 Å². The van der Waals surface area contributed by atoms with Gasteiger partial charge in [-0.05, 0) is 44.5 Å². The summed E-state index contributed by atoms with van der Waals surface area (Å²) in [5.74, 6) is 0.832. The SMILES string of the molecule is CCNc1ncc(-c2ccc3ncc4c(c3c2)n(-c2cn(C)nc2C)c(=O)n4C)cc1COCC. The molecule has 0 radical (unpaired) electrons. The normalized spacial score (nSPS) is 11.6. The predicted molar refractivity (Wildman–Crippen MR) is 138 cm³/mol. The van der Waals surface area contributed by atoms with Gasteiger partial charge in [-0.3, -0.25) is 18.8 Å². The number of hydrogen-bond acceptors (Lipinski definition) is 6. The third-order valence-electron chi connectivity index (χ3n) is 6.22. The Kier molecular flexibility index (Phi) is 5.86. The van der Waals surface area contributed by atoms with Crippen LogP contribution in [0.3, 0.4) is 0 Å². The van der Waals surface area contributed by atoms with Gasteiger partial charge >= 0.3 is 5.69 Å². The third-order valence-corrected chi connectivity index (χ3v) is 6.22. The van der Waals surface area contributed by atoms with Gasteiger partial charge in [0.25, 0.3) is 0 Å². The molecule has 0 spiro atoms. The minimum atomic E-state index is -0.133. The maximum Gasteiger partial charge on any atom is 0.333 e. The highest BCUT2D eigenvalue weighted by Crippen LogP contribution is 2.31. The fourth-order valence-corrected chi connectivity index (χ4v) is 4.52. The monoisotopic (exact) mass is 471 g/mol. The summed E-state index contributed by atoms with van der Waals surface area (Å²) in [6, 6.07) is 8.22. The first-order valence-electron chi connectivity index (χ1n) is 11.7. The smallest absolute Gasteiger partial charge is 0.333 e. The summed E-state index contributed by atoms with van der Waals surface area (Å²) in [6.07, 6.45) is 5.50. The zero-order chi connectivity index (χ0) is 24.7. The predicted octanol–water partition coefficient (Wildman–Crippen LogP) is 3.95. The minimum Gasteiger partial charge on any atom is -0.377 e. The average Bonchev–Trinajstić information content (AvgIpc) is 3.32. The van der Waals surface area contributed by atoms with E-state index in [0.717, 1.165) is 62.4 Å². The largest absolute Gasteiger partial charge is 0.377 e. The van der Waals surface area contributed by atoms with Crippen molar-refractivity contribution in [3.05, 3.63) is 64.6 Å². The summed E-state index contributed by atoms with van der Waals surface area (Å²) in [7, 11) is 3.63. The van der Waals surface area contributed by atoms with Crippen molar-refractivity contribution in [1.29, 1.82) is 0 Å². The molecule has 1 N–H and O–H groups in total. The Morgan fingerprint density at radius 2 is 1.89 bits per heavy atom. The topological polar surface area (TPSA) is 91.8 Å². The number of fused-ring (bicyclic) bond motifs is 3. The molecule has 5 rings (SSSR count). The minimum absolute atomic E-state index is 0.133. The lowest BCUT2D eigenvalue weighted by molar-refractivity contribution is 0.134. The lowest BCUT2D eigenvalue weighted by atomic mass is 10.0. The first-order valence-corrected chi connectivity index (χ1v) is 11.7. The molecule has 0 unspecified atom stereocenters. The van der Waals surface area contributed by atoms with Crippen LogP contribution in [-0.2, 0) is 25.4 Å². The van der Waals surface area contributed by atoms with E-state index in [-0.39, 0.29) is 5.69 Å². The van der Waals surface area contributed by atoms with Crippen LogP contribution < -0.4 is 11.0 Å². The molecule has 0 aliphatic carbocycles. The van der Waals surface area contributed by atoms with E-state index in [0.29, 0.717) is 13.2 Å². The van der Waals surface area contributed by atoms with Crippen LogP contribution in [0.4, 0.5) is 5.82 Å². The van der Waals surface area contributed by atoms with Crippen molar-refractivity contribution >= 4 is 27.8 Å². The number of nitrogens with one attached hydrogen (secondary N) is 1. The molecule has 0 fully saturated rings. The summed E-state index contributed by atoms with van der Waals surface area (Å²) in [4.78, 5) is 22.6. The van der Waals surface area contributed by atoms with E-state index < -0.39 is 0 Å². The molecule has 0 saturated carbocycles. The van der Waals surface area contributed by atoms with Gasteiger partial charge in [0.05, 0.1) is 40.7 Å². The van der Waals surface area contributed by atoms with E-state index >= 15 is 0 Å². The van der Waals surface area contributed by atoms with Crippen molar-refractivity contribution in [1.82, 2.24) is 28.9 Å². The van der Waals surface area contributed by atoms with Crippen molar-refractivity contribution in [3.63, 3.8) is 0 Å². The highest BCUT2D eigenvalue weighted by atomic mass is 16.5. The third kappa shape index (κ3) is 3.87. The van der Waals surface area contributed by atoms with Crippen LogP contribution >= 0.6 is 0 Å². The van der Waals surface area contributed by atoms with E-state index in [1.54, 1.807) is 27.1 Å². The summed E-state index contributed by atoms with van der Waals surface area (Å²) in [5, 5.41) is 8.65. The van der Waals surface area contributed by atoms with Crippen LogP contribution in [0.25, 0.3) is 38.8 Å². The van der Waals surface area contributed by atoms with Gasteiger partial charge in [-0.15, -0.1) is 0 Å². The maximum atomic E-state index is 13.3. The van der Waals surface area contributed by atoms with Gasteiger partial charge < -0.3 is 10.1 Å². The Balaban J connectivity index is 1.75. The quantitative estimate of drug-likeness (QED) is 0.386. The fraction of sp³-hybridized carbons (Fsp3) is 0.308. The van der Waals surface area contributed by atoms with Gasteiger partial charge in [-0.25, -0.2) is 9.78 Å². The van der Waals surface area contributed by atoms with Gasteiger partial charge in [0, 0.05) is 56.2 Å². The van der Waals surface area contributed by atoms with Crippen LogP contribution in [-0.4, -0.2) is 42.0 Å². The van der Waals surface area contributed by atoms with E-state index in [4.69, 9.17) is 4.74 Å². The summed E-state index contributed by atoms with van der Waals surface area (Å²) >= 11 is 0. The molecule has 1 aromatic carbocycles. The van der Waals surface area contributed by atoms with E-state index in [2.05, 4.69) is 32.5 Å². The number of rotatable bonds is 7. The standard InChI is InChI=1S/C26H29N7O2/c1-6-27-25-19(15-35-7-2)10-18(12-29-25)17-8-9-21-20(11-17)24-22(13-28-21)32(5)26(34)33(24)23-14-31(4)30-16(23)3/h8-14H,6-7,15H2,1-5H3,(H,27,29). The van der Waals surface area contributed by atoms with Crippen LogP contribution in [0.5, 0.6) is 0 Å². The number of aromatic nitrogens is 6. The molecule has 4 heterocycles. The molecule has 35 heavy (non-hydrogen) atoms. The molecular weight excluding hydrogens is 442 g/mol. The number of imidazole rings is 1. The van der Waals surface area contributed by atoms with Crippen molar-refractivity contribution < 1.29 is 4.74 Å². The zero-order valence-corrected chi connectivity index (χ0v) is 20.7. The highest BCUT2D eigenvalue weighted by Gasteiger charge is 2.19. The first kappa shape index (κ1) is 22.8. The van der Waals surface area contributed by atoms with Gasteiger partial charge in [0.15, 0.2) is 0 Å². The van der Waals surface area contributed by atoms with Gasteiger partial charge in [0.1, 0.15) is 5.82 Å². The maximum absolute atomic E-state index is 13.3. The zero-order valence-electron chi connectivity index (χ0n) is 20.7. The molecule has 0 aliphatic heterocycles. The van der Waals surface area contributed by atoms with Crippen molar-refractivity contribution in [2.75, 3.05) is 18.5 Å². The Morgan fingerprint density at radius 1 is 1.06 bits per heavy atom. The Labute approximate surface area is 203 Å². The molecule has 0 aliphatic rings. The molecule has 180 valence electrons. The number of hydrogen-bond donors (Lipinski definition) is 1. The van der Waals surface area contributed by atoms with Crippen molar-refractivity contribution in [3.8, 4) is 16.8 Å². The molecule has 0 saturated heterocycles. The van der Waals surface area contributed by atoms with Gasteiger partial charge in [0.2, 0.25) is 0 Å². The van der Waals surface area contributed by atoms with E-state index in [9.17, 15) is 4.79 Å². The molecule has 0 atom stereocenters. The average molecular weight is 472 g/mol. The second-order valence-electron chi connectivity index (χ2n) is 8.57. The van der Waals surface area contributed by atoms with Crippen LogP contribution in [0.2, 0.25) is 0 Å². The van der Waals surface area contributed by atoms with Crippen LogP contribution in [0.15, 0.2) is 47.7 Å². The van der Waals surface area contributed by atoms with Crippen molar-refractivity contribution in [2.45, 2.75) is 27.4 Å². The number of ether oxygens (including phenoxy) is 1. The molecular formula is C26H29N7O2. The molecule has 0 amide bonds. The Hall–Kier alpha value is -3.98. The lowest BCUT2D eigenvalue weighted by Crippen LogP contribution is -2.21. The number of benzene rings is 1. The molecule has 0 bridgehead atoms. The Bertz CT molecular complexity index is 1610. The van der Waals surface area contributed by atoms with Crippen molar-refractivity contribution in [2.24, 2.45) is 14.1 Å². The summed E-state index contributed by atoms with van der Waals surface area (Å²) < 4.78 is 10.8. The number of pyridine rings is 2. The lowest BCUT2D eigenvalue weighted by Gasteiger charge is -2.13. The number of aryl methyl sites for hydroxylation is 3. The van der Waals surface area contributed by atoms with E-state index in [1.807, 2.05) is 52.3 Å². The first-order chi connectivity index (χ1) is 16.9. The van der Waals surface area contributed by atoms with Crippen LogP contribution in [0.1, 0.15) is 25.1 Å². The fourth-order valence-electron chi connectivity index (χ4n) is 4.52. The molecule has 9 nitrogen and oxygen atoms in total. The second kappa shape index (κ2) is 8.99. The number of nitrogens with zero attached hydrogens (tertiary/aromatic N) is 6. The summed E-state index contributed by atoms with van der Waals surface area (Å²) in [5.41, 5.74) is 6.77. The highest BCUT2D eigenvalue weighted by molar-refractivity contribution is 6.04.